The number of rotatable bonds is 4. The van der Waals surface area contributed by atoms with Gasteiger partial charge >= 0.3 is 0 Å². The Bertz CT molecular complexity index is 756. The number of nitrogens with two attached hydrogens (primary N) is 1. The van der Waals surface area contributed by atoms with Gasteiger partial charge in [-0.1, -0.05) is 12.1 Å². The van der Waals surface area contributed by atoms with Crippen LogP contribution in [0.15, 0.2) is 48.5 Å². The highest BCUT2D eigenvalue weighted by Gasteiger charge is 2.29. The fourth-order valence-electron chi connectivity index (χ4n) is 3.19. The molecular formula is C20H21FN2O2. The Balaban J connectivity index is 1.70. The largest absolute Gasteiger partial charge is 0.338 e. The number of likely N-dealkylation sites (tertiary alicyclic amines) is 1. The molecule has 0 radical (unpaired) electrons. The number of hydrogen-bond donors (Lipinski definition) is 1. The van der Waals surface area contributed by atoms with E-state index in [1.165, 1.54) is 24.3 Å². The van der Waals surface area contributed by atoms with Crippen LogP contribution in [0.1, 0.15) is 39.1 Å². The SMILES string of the molecule is NCc1ccc(C(=O)N2CCCC(C(=O)c3ccc(F)cc3)C2)cc1. The summed E-state index contributed by atoms with van der Waals surface area (Å²) in [5.41, 5.74) is 7.65. The van der Waals surface area contributed by atoms with Gasteiger partial charge in [0.15, 0.2) is 5.78 Å². The van der Waals surface area contributed by atoms with Crippen molar-refractivity contribution in [1.82, 2.24) is 4.90 Å². The van der Waals surface area contributed by atoms with Gasteiger partial charge in [0, 0.05) is 36.7 Å². The van der Waals surface area contributed by atoms with Crippen LogP contribution in [0.2, 0.25) is 0 Å². The van der Waals surface area contributed by atoms with E-state index >= 15 is 0 Å². The molecule has 130 valence electrons. The van der Waals surface area contributed by atoms with E-state index in [2.05, 4.69) is 0 Å². The lowest BCUT2D eigenvalue weighted by Gasteiger charge is -2.32. The van der Waals surface area contributed by atoms with Crippen molar-refractivity contribution < 1.29 is 14.0 Å². The Morgan fingerprint density at radius 1 is 1.04 bits per heavy atom. The first kappa shape index (κ1) is 17.3. The van der Waals surface area contributed by atoms with Crippen molar-refractivity contribution in [2.24, 2.45) is 11.7 Å². The van der Waals surface area contributed by atoms with Gasteiger partial charge in [-0.2, -0.15) is 0 Å². The fourth-order valence-corrected chi connectivity index (χ4v) is 3.19. The maximum Gasteiger partial charge on any atom is 0.253 e. The normalized spacial score (nSPS) is 17.4. The monoisotopic (exact) mass is 340 g/mol. The molecule has 1 heterocycles. The van der Waals surface area contributed by atoms with Crippen molar-refractivity contribution in [3.63, 3.8) is 0 Å². The summed E-state index contributed by atoms with van der Waals surface area (Å²) in [6, 6.07) is 12.8. The number of carbonyl (C=O) groups is 2. The summed E-state index contributed by atoms with van der Waals surface area (Å²) in [6.45, 7) is 1.48. The number of carbonyl (C=O) groups excluding carboxylic acids is 2. The van der Waals surface area contributed by atoms with Crippen LogP contribution < -0.4 is 5.73 Å². The molecular weight excluding hydrogens is 319 g/mol. The maximum atomic E-state index is 13.0. The van der Waals surface area contributed by atoms with Crippen LogP contribution >= 0.6 is 0 Å². The lowest BCUT2D eigenvalue weighted by atomic mass is 9.89. The van der Waals surface area contributed by atoms with Crippen molar-refractivity contribution in [3.05, 3.63) is 71.0 Å². The van der Waals surface area contributed by atoms with E-state index in [4.69, 9.17) is 5.73 Å². The quantitative estimate of drug-likeness (QED) is 0.870. The van der Waals surface area contributed by atoms with E-state index < -0.39 is 0 Å². The summed E-state index contributed by atoms with van der Waals surface area (Å²) < 4.78 is 13.0. The molecule has 1 aliphatic heterocycles. The number of ketones is 1. The van der Waals surface area contributed by atoms with Crippen LogP contribution in [-0.4, -0.2) is 29.7 Å². The zero-order valence-electron chi connectivity index (χ0n) is 14.0. The van der Waals surface area contributed by atoms with Gasteiger partial charge in [0.1, 0.15) is 5.82 Å². The van der Waals surface area contributed by atoms with Gasteiger partial charge in [0.05, 0.1) is 0 Å². The summed E-state index contributed by atoms with van der Waals surface area (Å²) in [6.07, 6.45) is 1.52. The number of amides is 1. The average molecular weight is 340 g/mol. The molecule has 0 saturated carbocycles. The summed E-state index contributed by atoms with van der Waals surface area (Å²) in [7, 11) is 0. The molecule has 2 aromatic carbocycles. The minimum Gasteiger partial charge on any atom is -0.338 e. The van der Waals surface area contributed by atoms with Crippen molar-refractivity contribution >= 4 is 11.7 Å². The van der Waals surface area contributed by atoms with Crippen LogP contribution in [0.5, 0.6) is 0 Å². The van der Waals surface area contributed by atoms with Crippen LogP contribution in [0.25, 0.3) is 0 Å². The van der Waals surface area contributed by atoms with Crippen molar-refractivity contribution in [2.75, 3.05) is 13.1 Å². The Morgan fingerprint density at radius 2 is 1.68 bits per heavy atom. The van der Waals surface area contributed by atoms with Gasteiger partial charge in [-0.15, -0.1) is 0 Å². The Kier molecular flexibility index (Phi) is 5.24. The fraction of sp³-hybridized carbons (Fsp3) is 0.300. The molecule has 4 nitrogen and oxygen atoms in total. The molecule has 0 aliphatic carbocycles. The number of piperidine rings is 1. The van der Waals surface area contributed by atoms with Crippen LogP contribution in [0, 0.1) is 11.7 Å². The molecule has 1 unspecified atom stereocenters. The van der Waals surface area contributed by atoms with E-state index in [9.17, 15) is 14.0 Å². The molecule has 0 aromatic heterocycles. The standard InChI is InChI=1S/C20H21FN2O2/c21-18-9-7-15(8-10-18)19(24)17-2-1-11-23(13-17)20(25)16-5-3-14(12-22)4-6-16/h3-10,17H,1-2,11-13,22H2. The van der Waals surface area contributed by atoms with Crippen LogP contribution in [0.4, 0.5) is 4.39 Å². The Hall–Kier alpha value is -2.53. The molecule has 1 atom stereocenters. The predicted molar refractivity (Wildman–Crippen MR) is 93.7 cm³/mol. The number of nitrogens with zero attached hydrogens (tertiary/aromatic N) is 1. The van der Waals surface area contributed by atoms with Crippen molar-refractivity contribution in [3.8, 4) is 0 Å². The first-order valence-corrected chi connectivity index (χ1v) is 8.46. The Labute approximate surface area is 146 Å². The van der Waals surface area contributed by atoms with E-state index in [0.717, 1.165) is 18.4 Å². The zero-order chi connectivity index (χ0) is 17.8. The first-order chi connectivity index (χ1) is 12.1. The number of hydrogen-bond acceptors (Lipinski definition) is 3. The van der Waals surface area contributed by atoms with Crippen molar-refractivity contribution in [1.29, 1.82) is 0 Å². The summed E-state index contributed by atoms with van der Waals surface area (Å²) in [4.78, 5) is 27.0. The third kappa shape index (κ3) is 3.94. The molecule has 1 fully saturated rings. The molecule has 1 amide bonds. The van der Waals surface area contributed by atoms with Gasteiger partial charge in [-0.05, 0) is 54.8 Å². The third-order valence-electron chi connectivity index (χ3n) is 4.64. The summed E-state index contributed by atoms with van der Waals surface area (Å²) in [5.74, 6) is -0.708. The van der Waals surface area contributed by atoms with Gasteiger partial charge in [0.25, 0.3) is 5.91 Å². The lowest BCUT2D eigenvalue weighted by molar-refractivity contribution is 0.0637. The topological polar surface area (TPSA) is 63.4 Å². The minimum atomic E-state index is -0.363. The lowest BCUT2D eigenvalue weighted by Crippen LogP contribution is -2.42. The second kappa shape index (κ2) is 7.57. The number of benzene rings is 2. The average Bonchev–Trinajstić information content (AvgIpc) is 2.67. The molecule has 5 heteroatoms. The third-order valence-corrected chi connectivity index (χ3v) is 4.64. The van der Waals surface area contributed by atoms with E-state index in [0.29, 0.717) is 30.8 Å². The summed E-state index contributed by atoms with van der Waals surface area (Å²) in [5, 5.41) is 0. The molecule has 3 rings (SSSR count). The number of halogens is 1. The van der Waals surface area contributed by atoms with Gasteiger partial charge in [-0.25, -0.2) is 4.39 Å². The predicted octanol–water partition coefficient (Wildman–Crippen LogP) is 3.02. The highest BCUT2D eigenvalue weighted by Crippen LogP contribution is 2.23. The smallest absolute Gasteiger partial charge is 0.253 e. The first-order valence-electron chi connectivity index (χ1n) is 8.46. The molecule has 0 bridgehead atoms. The molecule has 2 aromatic rings. The summed E-state index contributed by atoms with van der Waals surface area (Å²) >= 11 is 0. The highest BCUT2D eigenvalue weighted by molar-refractivity contribution is 5.99. The van der Waals surface area contributed by atoms with Gasteiger partial charge in [0.2, 0.25) is 0 Å². The highest BCUT2D eigenvalue weighted by atomic mass is 19.1. The second-order valence-electron chi connectivity index (χ2n) is 6.36. The Morgan fingerprint density at radius 3 is 2.32 bits per heavy atom. The van der Waals surface area contributed by atoms with Crippen LogP contribution in [-0.2, 0) is 6.54 Å². The second-order valence-corrected chi connectivity index (χ2v) is 6.36. The molecule has 1 aliphatic rings. The number of Topliss-reactive ketones (excluding diaryl/α,β-unsaturated/α-hetero) is 1. The minimum absolute atomic E-state index is 0.0315. The van der Waals surface area contributed by atoms with Gasteiger partial charge in [-0.3, -0.25) is 9.59 Å². The van der Waals surface area contributed by atoms with Gasteiger partial charge < -0.3 is 10.6 Å². The molecule has 2 N–H and O–H groups in total. The van der Waals surface area contributed by atoms with Crippen LogP contribution in [0.3, 0.4) is 0 Å². The molecule has 1 saturated heterocycles. The van der Waals surface area contributed by atoms with E-state index in [1.54, 1.807) is 17.0 Å². The molecule has 0 spiro atoms. The maximum absolute atomic E-state index is 13.0. The van der Waals surface area contributed by atoms with E-state index in [1.807, 2.05) is 12.1 Å². The van der Waals surface area contributed by atoms with Crippen molar-refractivity contribution in [2.45, 2.75) is 19.4 Å². The molecule has 25 heavy (non-hydrogen) atoms. The zero-order valence-corrected chi connectivity index (χ0v) is 14.0. The van der Waals surface area contributed by atoms with E-state index in [-0.39, 0.29) is 23.4 Å².